The Balaban J connectivity index is 2.93. The predicted octanol–water partition coefficient (Wildman–Crippen LogP) is 5.29. The molecule has 114 valence electrons. The van der Waals surface area contributed by atoms with Crippen LogP contribution >= 0.6 is 0 Å². The van der Waals surface area contributed by atoms with Crippen LogP contribution in [-0.2, 0) is 12.8 Å². The van der Waals surface area contributed by atoms with Crippen molar-refractivity contribution in [1.29, 1.82) is 0 Å². The molecule has 1 N–H and O–H groups in total. The Morgan fingerprint density at radius 2 is 1.70 bits per heavy atom. The third-order valence-corrected chi connectivity index (χ3v) is 4.37. The van der Waals surface area contributed by atoms with Crippen LogP contribution in [0, 0.1) is 5.92 Å². The third kappa shape index (κ3) is 4.94. The molecule has 0 spiro atoms. The fraction of sp³-hybridized carbons (Fsp3) is 0.684. The van der Waals surface area contributed by atoms with E-state index in [4.69, 9.17) is 0 Å². The molecule has 0 heterocycles. The highest BCUT2D eigenvalue weighted by molar-refractivity contribution is 5.33. The summed E-state index contributed by atoms with van der Waals surface area (Å²) >= 11 is 0. The van der Waals surface area contributed by atoms with Crippen LogP contribution in [-0.4, -0.2) is 6.54 Å². The van der Waals surface area contributed by atoms with Gasteiger partial charge < -0.3 is 5.32 Å². The van der Waals surface area contributed by atoms with E-state index in [0.29, 0.717) is 6.04 Å². The van der Waals surface area contributed by atoms with Crippen LogP contribution in [0.2, 0.25) is 0 Å². The molecule has 1 rings (SSSR count). The Hall–Kier alpha value is -0.820. The highest BCUT2D eigenvalue weighted by atomic mass is 14.9. The lowest BCUT2D eigenvalue weighted by Crippen LogP contribution is -2.24. The molecule has 2 atom stereocenters. The van der Waals surface area contributed by atoms with Crippen molar-refractivity contribution in [1.82, 2.24) is 5.32 Å². The minimum Gasteiger partial charge on any atom is -0.310 e. The van der Waals surface area contributed by atoms with Gasteiger partial charge in [-0.15, -0.1) is 0 Å². The van der Waals surface area contributed by atoms with Crippen molar-refractivity contribution in [2.45, 2.75) is 72.8 Å². The van der Waals surface area contributed by atoms with Gasteiger partial charge in [-0.05, 0) is 54.8 Å². The Labute approximate surface area is 126 Å². The molecule has 0 aliphatic carbocycles. The second-order valence-electron chi connectivity index (χ2n) is 5.99. The van der Waals surface area contributed by atoms with Crippen molar-refractivity contribution >= 4 is 0 Å². The van der Waals surface area contributed by atoms with Gasteiger partial charge in [0.2, 0.25) is 0 Å². The lowest BCUT2D eigenvalue weighted by molar-refractivity contribution is 0.402. The summed E-state index contributed by atoms with van der Waals surface area (Å²) < 4.78 is 0. The van der Waals surface area contributed by atoms with Gasteiger partial charge >= 0.3 is 0 Å². The number of hydrogen-bond donors (Lipinski definition) is 1. The summed E-state index contributed by atoms with van der Waals surface area (Å²) in [5.74, 6) is 0.778. The maximum absolute atomic E-state index is 3.74. The fourth-order valence-corrected chi connectivity index (χ4v) is 2.76. The molecule has 1 heteroatoms. The lowest BCUT2D eigenvalue weighted by atomic mass is 9.91. The van der Waals surface area contributed by atoms with Crippen LogP contribution in [0.25, 0.3) is 0 Å². The van der Waals surface area contributed by atoms with Crippen molar-refractivity contribution in [3.8, 4) is 0 Å². The maximum Gasteiger partial charge on any atom is 0.0322 e. The Morgan fingerprint density at radius 3 is 2.25 bits per heavy atom. The first-order valence-electron chi connectivity index (χ1n) is 8.51. The number of hydrogen-bond acceptors (Lipinski definition) is 1. The summed E-state index contributed by atoms with van der Waals surface area (Å²) in [5, 5.41) is 3.74. The van der Waals surface area contributed by atoms with E-state index in [-0.39, 0.29) is 0 Å². The van der Waals surface area contributed by atoms with Gasteiger partial charge in [-0.25, -0.2) is 0 Å². The van der Waals surface area contributed by atoms with Gasteiger partial charge in [-0.1, -0.05) is 59.2 Å². The molecule has 0 aliphatic heterocycles. The largest absolute Gasteiger partial charge is 0.310 e. The number of benzene rings is 1. The van der Waals surface area contributed by atoms with Crippen LogP contribution in [0.1, 0.15) is 76.6 Å². The van der Waals surface area contributed by atoms with E-state index in [2.05, 4.69) is 58.1 Å². The van der Waals surface area contributed by atoms with Gasteiger partial charge in [0.25, 0.3) is 0 Å². The minimum absolute atomic E-state index is 0.515. The predicted molar refractivity (Wildman–Crippen MR) is 90.3 cm³/mol. The minimum atomic E-state index is 0.515. The fourth-order valence-electron chi connectivity index (χ4n) is 2.76. The second-order valence-corrected chi connectivity index (χ2v) is 5.99. The molecule has 1 aromatic carbocycles. The Kier molecular flexibility index (Phi) is 7.91. The average molecular weight is 275 g/mol. The molecule has 2 unspecified atom stereocenters. The van der Waals surface area contributed by atoms with E-state index in [9.17, 15) is 0 Å². The Morgan fingerprint density at radius 1 is 1.00 bits per heavy atom. The molecule has 1 nitrogen and oxygen atoms in total. The normalized spacial score (nSPS) is 14.2. The lowest BCUT2D eigenvalue weighted by Gasteiger charge is -2.23. The van der Waals surface area contributed by atoms with Gasteiger partial charge in [0, 0.05) is 6.04 Å². The standard InChI is InChI=1S/C19H33N/c1-6-12-20-19(13-15(5)7-2)18-11-10-16(8-3)17(9-4)14-18/h10-11,14-15,19-20H,6-9,12-13H2,1-5H3. The average Bonchev–Trinajstić information content (AvgIpc) is 2.50. The summed E-state index contributed by atoms with van der Waals surface area (Å²) in [4.78, 5) is 0. The van der Waals surface area contributed by atoms with Gasteiger partial charge in [-0.3, -0.25) is 0 Å². The molecule has 0 saturated carbocycles. The smallest absolute Gasteiger partial charge is 0.0322 e. The van der Waals surface area contributed by atoms with Gasteiger partial charge in [0.15, 0.2) is 0 Å². The van der Waals surface area contributed by atoms with Crippen LogP contribution in [0.4, 0.5) is 0 Å². The van der Waals surface area contributed by atoms with Crippen molar-refractivity contribution in [2.75, 3.05) is 6.54 Å². The maximum atomic E-state index is 3.74. The zero-order valence-corrected chi connectivity index (χ0v) is 14.1. The van der Waals surface area contributed by atoms with Crippen LogP contribution in [0.15, 0.2) is 18.2 Å². The molecule has 0 aliphatic rings. The second kappa shape index (κ2) is 9.18. The van der Waals surface area contributed by atoms with Crippen molar-refractivity contribution in [2.24, 2.45) is 5.92 Å². The SMILES string of the molecule is CCCNC(CC(C)CC)c1ccc(CC)c(CC)c1. The number of aryl methyl sites for hydroxylation is 2. The highest BCUT2D eigenvalue weighted by Crippen LogP contribution is 2.25. The van der Waals surface area contributed by atoms with Crippen LogP contribution in [0.5, 0.6) is 0 Å². The topological polar surface area (TPSA) is 12.0 Å². The summed E-state index contributed by atoms with van der Waals surface area (Å²) in [7, 11) is 0. The molecule has 1 aromatic rings. The molecule has 0 radical (unpaired) electrons. The molecule has 0 saturated heterocycles. The summed E-state index contributed by atoms with van der Waals surface area (Å²) in [5.41, 5.74) is 4.51. The highest BCUT2D eigenvalue weighted by Gasteiger charge is 2.15. The van der Waals surface area contributed by atoms with E-state index < -0.39 is 0 Å². The molecule has 20 heavy (non-hydrogen) atoms. The Bertz CT molecular complexity index is 383. The van der Waals surface area contributed by atoms with Gasteiger partial charge in [-0.2, -0.15) is 0 Å². The van der Waals surface area contributed by atoms with Crippen molar-refractivity contribution in [3.63, 3.8) is 0 Å². The first-order valence-corrected chi connectivity index (χ1v) is 8.51. The molecular weight excluding hydrogens is 242 g/mol. The summed E-state index contributed by atoms with van der Waals surface area (Å²) in [6.45, 7) is 12.5. The zero-order valence-electron chi connectivity index (χ0n) is 14.1. The van der Waals surface area contributed by atoms with E-state index in [1.54, 1.807) is 0 Å². The quantitative estimate of drug-likeness (QED) is 0.646. The molecule has 0 amide bonds. The van der Waals surface area contributed by atoms with E-state index in [1.165, 1.54) is 36.0 Å². The van der Waals surface area contributed by atoms with Crippen LogP contribution < -0.4 is 5.32 Å². The van der Waals surface area contributed by atoms with Crippen LogP contribution in [0.3, 0.4) is 0 Å². The summed E-state index contributed by atoms with van der Waals surface area (Å²) in [6.07, 6.45) is 5.98. The first kappa shape index (κ1) is 17.2. The third-order valence-electron chi connectivity index (χ3n) is 4.37. The van der Waals surface area contributed by atoms with Gasteiger partial charge in [0.05, 0.1) is 0 Å². The zero-order chi connectivity index (χ0) is 15.0. The van der Waals surface area contributed by atoms with Crippen molar-refractivity contribution in [3.05, 3.63) is 34.9 Å². The number of rotatable bonds is 9. The summed E-state index contributed by atoms with van der Waals surface area (Å²) in [6, 6.07) is 7.63. The molecule has 0 fully saturated rings. The molecule has 0 bridgehead atoms. The molecule has 0 aromatic heterocycles. The first-order chi connectivity index (χ1) is 9.65. The van der Waals surface area contributed by atoms with E-state index in [0.717, 1.165) is 25.3 Å². The van der Waals surface area contributed by atoms with E-state index >= 15 is 0 Å². The van der Waals surface area contributed by atoms with Gasteiger partial charge in [0.1, 0.15) is 0 Å². The van der Waals surface area contributed by atoms with E-state index in [1.807, 2.05) is 0 Å². The number of nitrogens with one attached hydrogen (secondary N) is 1. The molecular formula is C19H33N. The monoisotopic (exact) mass is 275 g/mol. The van der Waals surface area contributed by atoms with Crippen molar-refractivity contribution < 1.29 is 0 Å².